The van der Waals surface area contributed by atoms with Crippen LogP contribution in [0.2, 0.25) is 0 Å². The SMILES string of the molecule is O=C(/C(=C\c1ccccc1)c1ccccc1)c1ccccc1. The third-order valence-corrected chi connectivity index (χ3v) is 3.48. The summed E-state index contributed by atoms with van der Waals surface area (Å²) in [6.07, 6.45) is 1.95. The number of Topliss-reactive ketones (excluding diaryl/α,β-unsaturated/α-hetero) is 1. The molecule has 0 amide bonds. The molecule has 0 aliphatic rings. The van der Waals surface area contributed by atoms with Gasteiger partial charge in [-0.3, -0.25) is 4.79 Å². The first kappa shape index (κ1) is 14.0. The summed E-state index contributed by atoms with van der Waals surface area (Å²) in [7, 11) is 0. The fourth-order valence-corrected chi connectivity index (χ4v) is 2.36. The van der Waals surface area contributed by atoms with E-state index in [2.05, 4.69) is 0 Å². The Hall–Kier alpha value is -2.93. The number of ketones is 1. The van der Waals surface area contributed by atoms with Gasteiger partial charge in [0.25, 0.3) is 0 Å². The summed E-state index contributed by atoms with van der Waals surface area (Å²) >= 11 is 0. The highest BCUT2D eigenvalue weighted by Crippen LogP contribution is 2.22. The monoisotopic (exact) mass is 284 g/mol. The highest BCUT2D eigenvalue weighted by Gasteiger charge is 2.13. The first-order chi connectivity index (χ1) is 10.8. The van der Waals surface area contributed by atoms with E-state index in [9.17, 15) is 4.79 Å². The van der Waals surface area contributed by atoms with Crippen molar-refractivity contribution in [3.8, 4) is 0 Å². The zero-order chi connectivity index (χ0) is 15.2. The van der Waals surface area contributed by atoms with Crippen LogP contribution in [0.3, 0.4) is 0 Å². The van der Waals surface area contributed by atoms with E-state index in [1.165, 1.54) is 0 Å². The zero-order valence-electron chi connectivity index (χ0n) is 12.1. The fraction of sp³-hybridized carbons (Fsp3) is 0. The van der Waals surface area contributed by atoms with Crippen molar-refractivity contribution >= 4 is 17.4 Å². The van der Waals surface area contributed by atoms with E-state index in [0.717, 1.165) is 11.1 Å². The number of carbonyl (C=O) groups excluding carboxylic acids is 1. The fourth-order valence-electron chi connectivity index (χ4n) is 2.36. The van der Waals surface area contributed by atoms with Crippen molar-refractivity contribution in [2.45, 2.75) is 0 Å². The molecule has 0 bridgehead atoms. The molecule has 22 heavy (non-hydrogen) atoms. The first-order valence-corrected chi connectivity index (χ1v) is 7.26. The van der Waals surface area contributed by atoms with Gasteiger partial charge >= 0.3 is 0 Å². The molecule has 0 unspecified atom stereocenters. The van der Waals surface area contributed by atoms with Crippen LogP contribution in [0.4, 0.5) is 0 Å². The Labute approximate surface area is 130 Å². The van der Waals surface area contributed by atoms with E-state index in [1.807, 2.05) is 97.1 Å². The maximum absolute atomic E-state index is 12.9. The van der Waals surface area contributed by atoms with Gasteiger partial charge in [0, 0.05) is 11.1 Å². The molecule has 0 heterocycles. The third-order valence-electron chi connectivity index (χ3n) is 3.48. The predicted octanol–water partition coefficient (Wildman–Crippen LogP) is 5.11. The van der Waals surface area contributed by atoms with Gasteiger partial charge < -0.3 is 0 Å². The molecule has 0 radical (unpaired) electrons. The Bertz CT molecular complexity index is 772. The smallest absolute Gasteiger partial charge is 0.193 e. The first-order valence-electron chi connectivity index (χ1n) is 7.26. The van der Waals surface area contributed by atoms with E-state index in [-0.39, 0.29) is 5.78 Å². The summed E-state index contributed by atoms with van der Waals surface area (Å²) in [5, 5.41) is 0. The topological polar surface area (TPSA) is 17.1 Å². The number of hydrogen-bond donors (Lipinski definition) is 0. The Balaban J connectivity index is 2.08. The molecular weight excluding hydrogens is 268 g/mol. The minimum absolute atomic E-state index is 0.0376. The number of carbonyl (C=O) groups is 1. The van der Waals surface area contributed by atoms with Crippen LogP contribution < -0.4 is 0 Å². The van der Waals surface area contributed by atoms with Gasteiger partial charge in [-0.25, -0.2) is 0 Å². The summed E-state index contributed by atoms with van der Waals surface area (Å²) in [6, 6.07) is 29.1. The number of allylic oxidation sites excluding steroid dienone is 1. The van der Waals surface area contributed by atoms with Gasteiger partial charge in [-0.2, -0.15) is 0 Å². The normalized spacial score (nSPS) is 11.2. The van der Waals surface area contributed by atoms with Gasteiger partial charge in [-0.05, 0) is 17.2 Å². The molecule has 0 saturated carbocycles. The second-order valence-corrected chi connectivity index (χ2v) is 5.03. The molecule has 0 atom stereocenters. The minimum Gasteiger partial charge on any atom is -0.289 e. The van der Waals surface area contributed by atoms with Crippen molar-refractivity contribution in [3.05, 3.63) is 108 Å². The maximum Gasteiger partial charge on any atom is 0.193 e. The van der Waals surface area contributed by atoms with E-state index >= 15 is 0 Å². The van der Waals surface area contributed by atoms with E-state index < -0.39 is 0 Å². The van der Waals surface area contributed by atoms with Crippen molar-refractivity contribution in [2.75, 3.05) is 0 Å². The van der Waals surface area contributed by atoms with Gasteiger partial charge in [-0.1, -0.05) is 91.0 Å². The molecule has 3 rings (SSSR count). The lowest BCUT2D eigenvalue weighted by atomic mass is 9.95. The zero-order valence-corrected chi connectivity index (χ0v) is 12.1. The van der Waals surface area contributed by atoms with Crippen LogP contribution in [0.1, 0.15) is 21.5 Å². The number of hydrogen-bond acceptors (Lipinski definition) is 1. The molecule has 0 fully saturated rings. The molecule has 0 spiro atoms. The van der Waals surface area contributed by atoms with Crippen LogP contribution in [-0.4, -0.2) is 5.78 Å². The van der Waals surface area contributed by atoms with Crippen LogP contribution in [0, 0.1) is 0 Å². The van der Waals surface area contributed by atoms with Crippen molar-refractivity contribution in [1.29, 1.82) is 0 Å². The molecule has 0 N–H and O–H groups in total. The standard InChI is InChI=1S/C21H16O/c22-21(19-14-8-3-9-15-19)20(18-12-6-2-7-13-18)16-17-10-4-1-5-11-17/h1-16H/b20-16-. The average Bonchev–Trinajstić information content (AvgIpc) is 2.61. The Kier molecular flexibility index (Phi) is 4.26. The second kappa shape index (κ2) is 6.68. The number of rotatable bonds is 4. The van der Waals surface area contributed by atoms with Crippen molar-refractivity contribution in [2.24, 2.45) is 0 Å². The quantitative estimate of drug-likeness (QED) is 0.369. The summed E-state index contributed by atoms with van der Waals surface area (Å²) < 4.78 is 0. The molecule has 106 valence electrons. The van der Waals surface area contributed by atoms with E-state index in [4.69, 9.17) is 0 Å². The van der Waals surface area contributed by atoms with Crippen LogP contribution >= 0.6 is 0 Å². The highest BCUT2D eigenvalue weighted by atomic mass is 16.1. The van der Waals surface area contributed by atoms with Crippen LogP contribution in [0.5, 0.6) is 0 Å². The van der Waals surface area contributed by atoms with E-state index in [1.54, 1.807) is 0 Å². The molecule has 0 aromatic heterocycles. The summed E-state index contributed by atoms with van der Waals surface area (Å²) in [6.45, 7) is 0. The molecule has 1 nitrogen and oxygen atoms in total. The molecule has 0 aliphatic heterocycles. The molecular formula is C21H16O. The lowest BCUT2D eigenvalue weighted by molar-refractivity contribution is 0.105. The molecule has 0 aliphatic carbocycles. The summed E-state index contributed by atoms with van der Waals surface area (Å²) in [4.78, 5) is 12.9. The Morgan fingerprint density at radius 3 is 1.59 bits per heavy atom. The van der Waals surface area contributed by atoms with Crippen LogP contribution in [0.15, 0.2) is 91.0 Å². The Morgan fingerprint density at radius 1 is 0.591 bits per heavy atom. The minimum atomic E-state index is 0.0376. The third kappa shape index (κ3) is 3.21. The second-order valence-electron chi connectivity index (χ2n) is 5.03. The Morgan fingerprint density at radius 2 is 1.05 bits per heavy atom. The molecule has 3 aromatic rings. The summed E-state index contributed by atoms with van der Waals surface area (Å²) in [5.41, 5.74) is 3.36. The predicted molar refractivity (Wildman–Crippen MR) is 91.5 cm³/mol. The maximum atomic E-state index is 12.9. The van der Waals surface area contributed by atoms with Crippen molar-refractivity contribution in [3.63, 3.8) is 0 Å². The largest absolute Gasteiger partial charge is 0.289 e. The van der Waals surface area contributed by atoms with E-state index in [0.29, 0.717) is 11.1 Å². The van der Waals surface area contributed by atoms with Crippen molar-refractivity contribution < 1.29 is 4.79 Å². The molecule has 0 saturated heterocycles. The number of benzene rings is 3. The summed E-state index contributed by atoms with van der Waals surface area (Å²) in [5.74, 6) is 0.0376. The average molecular weight is 284 g/mol. The van der Waals surface area contributed by atoms with Crippen LogP contribution in [0.25, 0.3) is 11.6 Å². The van der Waals surface area contributed by atoms with Gasteiger partial charge in [0.15, 0.2) is 5.78 Å². The van der Waals surface area contributed by atoms with Gasteiger partial charge in [0.2, 0.25) is 0 Å². The van der Waals surface area contributed by atoms with Gasteiger partial charge in [0.05, 0.1) is 0 Å². The van der Waals surface area contributed by atoms with Crippen molar-refractivity contribution in [1.82, 2.24) is 0 Å². The lowest BCUT2D eigenvalue weighted by Crippen LogP contribution is -2.02. The molecule has 3 aromatic carbocycles. The molecule has 1 heteroatoms. The highest BCUT2D eigenvalue weighted by molar-refractivity contribution is 6.32. The van der Waals surface area contributed by atoms with Gasteiger partial charge in [0.1, 0.15) is 0 Å². The van der Waals surface area contributed by atoms with Gasteiger partial charge in [-0.15, -0.1) is 0 Å². The van der Waals surface area contributed by atoms with Crippen LogP contribution in [-0.2, 0) is 0 Å². The lowest BCUT2D eigenvalue weighted by Gasteiger charge is -2.08.